The maximum absolute atomic E-state index is 12.4. The third-order valence-corrected chi connectivity index (χ3v) is 8.21. The number of carboxylic acids is 1. The van der Waals surface area contributed by atoms with Crippen molar-refractivity contribution in [3.05, 3.63) is 88.0 Å². The zero-order valence-electron chi connectivity index (χ0n) is 24.2. The minimum Gasteiger partial charge on any atom is -0.489 e. The van der Waals surface area contributed by atoms with E-state index in [1.165, 1.54) is 16.7 Å². The van der Waals surface area contributed by atoms with Crippen LogP contribution in [0.25, 0.3) is 11.0 Å². The summed E-state index contributed by atoms with van der Waals surface area (Å²) >= 11 is 0. The molecule has 3 atom stereocenters. The highest BCUT2D eigenvalue weighted by atomic mass is 16.5. The number of nitrogens with zero attached hydrogens (tertiary/aromatic N) is 4. The van der Waals surface area contributed by atoms with Gasteiger partial charge in [-0.05, 0) is 67.1 Å². The Kier molecular flexibility index (Phi) is 8.91. The molecule has 1 aromatic heterocycles. The van der Waals surface area contributed by atoms with Gasteiger partial charge in [-0.1, -0.05) is 61.5 Å². The summed E-state index contributed by atoms with van der Waals surface area (Å²) in [5.74, 6) is -0.764. The van der Waals surface area contributed by atoms with Gasteiger partial charge in [0.15, 0.2) is 0 Å². The highest BCUT2D eigenvalue weighted by molar-refractivity contribution is 5.81. The molecule has 0 saturated carbocycles. The van der Waals surface area contributed by atoms with E-state index in [0.717, 1.165) is 66.1 Å². The van der Waals surface area contributed by atoms with Crippen molar-refractivity contribution in [2.75, 3.05) is 6.54 Å². The Hall–Kier alpha value is -3.75. The molecular weight excluding hydrogens is 502 g/mol. The molecule has 0 fully saturated rings. The molecule has 0 bridgehead atoms. The van der Waals surface area contributed by atoms with Crippen molar-refractivity contribution in [2.24, 2.45) is 5.92 Å². The van der Waals surface area contributed by atoms with Gasteiger partial charge < -0.3 is 16.0 Å². The second-order valence-corrected chi connectivity index (χ2v) is 10.8. The van der Waals surface area contributed by atoms with E-state index in [1.807, 2.05) is 30.7 Å². The lowest BCUT2D eigenvalue weighted by molar-refractivity contribution is -0.141. The quantitative estimate of drug-likeness (QED) is 0.270. The third kappa shape index (κ3) is 5.60. The van der Waals surface area contributed by atoms with Crippen LogP contribution in [0.15, 0.2) is 54.6 Å². The number of aryl methyl sites for hydroxylation is 3. The summed E-state index contributed by atoms with van der Waals surface area (Å²) in [5.41, 5.74) is 8.39. The summed E-state index contributed by atoms with van der Waals surface area (Å²) in [5, 5.41) is 18.9. The second kappa shape index (κ2) is 12.2. The summed E-state index contributed by atoms with van der Waals surface area (Å²) in [6.07, 6.45) is 1.06. The van der Waals surface area contributed by atoms with E-state index in [9.17, 15) is 9.90 Å². The summed E-state index contributed by atoms with van der Waals surface area (Å²) in [6.45, 7) is 13.3. The van der Waals surface area contributed by atoms with Gasteiger partial charge in [0, 0.05) is 37.7 Å². The molecule has 8 heteroatoms. The van der Waals surface area contributed by atoms with Crippen LogP contribution in [0.4, 0.5) is 0 Å². The van der Waals surface area contributed by atoms with Crippen LogP contribution in [0.5, 0.6) is 5.75 Å². The molecule has 1 aliphatic heterocycles. The van der Waals surface area contributed by atoms with Crippen LogP contribution in [-0.2, 0) is 24.4 Å². The molecule has 0 amide bonds. The van der Waals surface area contributed by atoms with Gasteiger partial charge in [-0.25, -0.2) is 4.68 Å². The largest absolute Gasteiger partial charge is 0.489 e. The molecule has 0 aliphatic carbocycles. The number of benzene rings is 3. The van der Waals surface area contributed by atoms with E-state index in [-0.39, 0.29) is 18.2 Å². The fourth-order valence-electron chi connectivity index (χ4n) is 5.82. The zero-order chi connectivity index (χ0) is 27.7. The molecular formula is C32H41N5O3. The van der Waals surface area contributed by atoms with E-state index < -0.39 is 11.9 Å². The number of hydrogen-bond donors (Lipinski definition) is 2. The van der Waals surface area contributed by atoms with Crippen molar-refractivity contribution in [3.8, 4) is 5.75 Å². The van der Waals surface area contributed by atoms with Gasteiger partial charge in [-0.15, -0.1) is 5.10 Å². The minimum atomic E-state index is -0.814. The lowest BCUT2D eigenvalue weighted by atomic mass is 9.79. The molecule has 0 unspecified atom stereocenters. The Morgan fingerprint density at radius 3 is 2.62 bits per heavy atom. The Bertz CT molecular complexity index is 1500. The number of para-hydroxylation sites is 1. The van der Waals surface area contributed by atoms with E-state index in [4.69, 9.17) is 4.74 Å². The first-order valence-electron chi connectivity index (χ1n) is 13.9. The predicted octanol–water partition coefficient (Wildman–Crippen LogP) is 6.26. The normalized spacial score (nSPS) is 16.9. The monoisotopic (exact) mass is 543 g/mol. The average molecular weight is 544 g/mol. The molecule has 212 valence electrons. The lowest BCUT2D eigenvalue weighted by Gasteiger charge is -2.27. The number of carboxylic acid groups (broad SMARTS) is 1. The SMILES string of the molecule is CC[C@@H]1CN(Cc2cc([C@H](c3ccc4c(nnn4CC)c3C)[C@H](C)C(=O)O)ccc2C)Cc2ccccc2O1.N. The Balaban J connectivity index is 0.00000370. The number of rotatable bonds is 8. The number of aliphatic carboxylic acids is 1. The molecule has 4 aromatic rings. The van der Waals surface area contributed by atoms with Crippen LogP contribution in [0.3, 0.4) is 0 Å². The van der Waals surface area contributed by atoms with E-state index >= 15 is 0 Å². The smallest absolute Gasteiger partial charge is 0.307 e. The molecule has 2 heterocycles. The standard InChI is InChI=1S/C32H38N4O3.H3N/c1-6-26-19-35(17-24-10-8-9-11-29(24)39-26)18-25-16-23(13-12-20(25)3)30(22(5)32(37)38)27-14-15-28-31(21(27)4)33-34-36(28)7-2;/h8-16,22,26,30H,6-7,17-19H2,1-5H3,(H,37,38);1H3/t22-,26+,30+;/m0./s1. The molecule has 0 saturated heterocycles. The first-order valence-corrected chi connectivity index (χ1v) is 13.9. The lowest BCUT2D eigenvalue weighted by Crippen LogP contribution is -2.32. The molecule has 4 N–H and O–H groups in total. The maximum Gasteiger partial charge on any atom is 0.307 e. The van der Waals surface area contributed by atoms with Crippen molar-refractivity contribution >= 4 is 17.0 Å². The number of ether oxygens (including phenoxy) is 1. The van der Waals surface area contributed by atoms with Crippen LogP contribution < -0.4 is 10.9 Å². The molecule has 0 spiro atoms. The number of aromatic nitrogens is 3. The highest BCUT2D eigenvalue weighted by Crippen LogP contribution is 2.37. The average Bonchev–Trinajstić information content (AvgIpc) is 3.27. The van der Waals surface area contributed by atoms with E-state index in [0.29, 0.717) is 0 Å². The first-order chi connectivity index (χ1) is 18.8. The van der Waals surface area contributed by atoms with Gasteiger partial charge in [-0.2, -0.15) is 0 Å². The minimum absolute atomic E-state index is 0. The fourth-order valence-corrected chi connectivity index (χ4v) is 5.82. The Morgan fingerprint density at radius 1 is 1.12 bits per heavy atom. The van der Waals surface area contributed by atoms with Crippen molar-refractivity contribution in [1.29, 1.82) is 0 Å². The van der Waals surface area contributed by atoms with Gasteiger partial charge in [-0.3, -0.25) is 9.69 Å². The second-order valence-electron chi connectivity index (χ2n) is 10.8. The van der Waals surface area contributed by atoms with E-state index in [2.05, 4.69) is 71.5 Å². The van der Waals surface area contributed by atoms with Crippen LogP contribution >= 0.6 is 0 Å². The van der Waals surface area contributed by atoms with Crippen LogP contribution in [0.1, 0.15) is 66.5 Å². The third-order valence-electron chi connectivity index (χ3n) is 8.21. The molecule has 8 nitrogen and oxygen atoms in total. The zero-order valence-corrected chi connectivity index (χ0v) is 24.2. The van der Waals surface area contributed by atoms with E-state index in [1.54, 1.807) is 6.92 Å². The predicted molar refractivity (Wildman–Crippen MR) is 158 cm³/mol. The molecule has 0 radical (unpaired) electrons. The van der Waals surface area contributed by atoms with Gasteiger partial charge in [0.1, 0.15) is 17.4 Å². The Morgan fingerprint density at radius 2 is 1.90 bits per heavy atom. The maximum atomic E-state index is 12.4. The van der Waals surface area contributed by atoms with Crippen molar-refractivity contribution < 1.29 is 14.6 Å². The van der Waals surface area contributed by atoms with Crippen molar-refractivity contribution in [2.45, 2.75) is 72.7 Å². The van der Waals surface area contributed by atoms with Crippen molar-refractivity contribution in [1.82, 2.24) is 26.0 Å². The Labute approximate surface area is 236 Å². The van der Waals surface area contributed by atoms with Gasteiger partial charge in [0.05, 0.1) is 11.4 Å². The number of fused-ring (bicyclic) bond motifs is 2. The van der Waals surface area contributed by atoms with Crippen LogP contribution in [0.2, 0.25) is 0 Å². The van der Waals surface area contributed by atoms with Gasteiger partial charge >= 0.3 is 5.97 Å². The van der Waals surface area contributed by atoms with Gasteiger partial charge in [0.2, 0.25) is 0 Å². The highest BCUT2D eigenvalue weighted by Gasteiger charge is 2.30. The number of hydrogen-bond acceptors (Lipinski definition) is 6. The summed E-state index contributed by atoms with van der Waals surface area (Å²) in [4.78, 5) is 14.8. The van der Waals surface area contributed by atoms with Crippen molar-refractivity contribution in [3.63, 3.8) is 0 Å². The molecule has 3 aromatic carbocycles. The summed E-state index contributed by atoms with van der Waals surface area (Å²) < 4.78 is 8.19. The number of carbonyl (C=O) groups is 1. The fraction of sp³-hybridized carbons (Fsp3) is 0.406. The molecule has 1 aliphatic rings. The van der Waals surface area contributed by atoms with Crippen LogP contribution in [-0.4, -0.2) is 43.6 Å². The first kappa shape index (κ1) is 29.2. The molecule has 5 rings (SSSR count). The molecule has 40 heavy (non-hydrogen) atoms. The summed E-state index contributed by atoms with van der Waals surface area (Å²) in [7, 11) is 0. The van der Waals surface area contributed by atoms with Gasteiger partial charge in [0.25, 0.3) is 0 Å². The summed E-state index contributed by atoms with van der Waals surface area (Å²) in [6, 6.07) is 18.8. The topological polar surface area (TPSA) is 115 Å². The van der Waals surface area contributed by atoms with Crippen LogP contribution in [0, 0.1) is 19.8 Å².